The molecular formula is C30H33N5O3. The van der Waals surface area contributed by atoms with Crippen LogP contribution in [0.15, 0.2) is 72.9 Å². The molecule has 0 saturated heterocycles. The maximum atomic E-state index is 13.8. The Morgan fingerprint density at radius 3 is 2.61 bits per heavy atom. The van der Waals surface area contributed by atoms with Crippen LogP contribution in [-0.4, -0.2) is 44.4 Å². The minimum Gasteiger partial charge on any atom is -0.466 e. The van der Waals surface area contributed by atoms with Crippen molar-refractivity contribution < 1.29 is 14.3 Å². The van der Waals surface area contributed by atoms with Crippen LogP contribution in [0, 0.1) is 6.92 Å². The van der Waals surface area contributed by atoms with Gasteiger partial charge in [-0.2, -0.15) is 5.10 Å². The van der Waals surface area contributed by atoms with Crippen LogP contribution in [0.1, 0.15) is 54.4 Å². The van der Waals surface area contributed by atoms with E-state index in [1.54, 1.807) is 6.92 Å². The number of hydrogen-bond donors (Lipinski definition) is 1. The zero-order chi connectivity index (χ0) is 26.6. The third-order valence-electron chi connectivity index (χ3n) is 6.83. The summed E-state index contributed by atoms with van der Waals surface area (Å²) in [5.41, 5.74) is 6.02. The summed E-state index contributed by atoms with van der Waals surface area (Å²) in [6, 6.07) is 21.8. The fourth-order valence-electron chi connectivity index (χ4n) is 5.15. The Morgan fingerprint density at radius 1 is 1.05 bits per heavy atom. The molecule has 0 fully saturated rings. The average Bonchev–Trinajstić information content (AvgIpc) is 3.50. The fraction of sp³-hybridized carbons (Fsp3) is 0.300. The van der Waals surface area contributed by atoms with E-state index >= 15 is 0 Å². The van der Waals surface area contributed by atoms with Crippen LogP contribution in [0.25, 0.3) is 11.5 Å². The number of amides is 2. The number of nitrogens with zero attached hydrogens (tertiary/aromatic N) is 4. The Balaban J connectivity index is 1.63. The molecule has 2 aromatic heterocycles. The Bertz CT molecular complexity index is 1440. The number of urea groups is 1. The molecule has 0 radical (unpaired) electrons. The second kappa shape index (κ2) is 11.0. The quantitative estimate of drug-likeness (QED) is 0.350. The summed E-state index contributed by atoms with van der Waals surface area (Å²) in [5.74, 6) is 0.611. The fourth-order valence-corrected chi connectivity index (χ4v) is 5.15. The van der Waals surface area contributed by atoms with Crippen molar-refractivity contribution in [3.8, 4) is 11.5 Å². The molecule has 1 atom stereocenters. The number of carbonyl (C=O) groups excluding carboxylic acids is 2. The molecule has 0 aliphatic carbocycles. The highest BCUT2D eigenvalue weighted by Crippen LogP contribution is 2.38. The molecule has 8 heteroatoms. The second-order valence-electron chi connectivity index (χ2n) is 9.38. The van der Waals surface area contributed by atoms with Crippen LogP contribution >= 0.6 is 0 Å². The summed E-state index contributed by atoms with van der Waals surface area (Å²) in [4.78, 5) is 27.5. The zero-order valence-electron chi connectivity index (χ0n) is 22.1. The molecule has 0 saturated carbocycles. The number of rotatable bonds is 7. The molecule has 2 aromatic carbocycles. The van der Waals surface area contributed by atoms with Crippen molar-refractivity contribution >= 4 is 12.0 Å². The Morgan fingerprint density at radius 2 is 1.87 bits per heavy atom. The van der Waals surface area contributed by atoms with E-state index in [4.69, 9.17) is 9.84 Å². The van der Waals surface area contributed by atoms with Crippen LogP contribution in [0.3, 0.4) is 0 Å². The molecular weight excluding hydrogens is 478 g/mol. The van der Waals surface area contributed by atoms with Crippen LogP contribution in [-0.2, 0) is 22.5 Å². The number of aromatic nitrogens is 3. The lowest BCUT2D eigenvalue weighted by Crippen LogP contribution is -2.42. The van der Waals surface area contributed by atoms with Crippen molar-refractivity contribution in [3.05, 3.63) is 101 Å². The number of benzene rings is 2. The highest BCUT2D eigenvalue weighted by atomic mass is 16.5. The van der Waals surface area contributed by atoms with Gasteiger partial charge in [-0.05, 0) is 50.1 Å². The van der Waals surface area contributed by atoms with Crippen molar-refractivity contribution in [2.24, 2.45) is 0 Å². The number of hydrogen-bond acceptors (Lipinski definition) is 4. The lowest BCUT2D eigenvalue weighted by Gasteiger charge is -2.31. The summed E-state index contributed by atoms with van der Waals surface area (Å²) >= 11 is 0. The smallest absolute Gasteiger partial charge is 0.318 e. The summed E-state index contributed by atoms with van der Waals surface area (Å²) in [6.45, 7) is 6.80. The predicted octanol–water partition coefficient (Wildman–Crippen LogP) is 5.10. The first-order valence-electron chi connectivity index (χ1n) is 13.1. The lowest BCUT2D eigenvalue weighted by atomic mass is 10.00. The summed E-state index contributed by atoms with van der Waals surface area (Å²) in [7, 11) is 0. The van der Waals surface area contributed by atoms with E-state index < -0.39 is 0 Å². The van der Waals surface area contributed by atoms with Gasteiger partial charge in [0.15, 0.2) is 0 Å². The Labute approximate surface area is 222 Å². The van der Waals surface area contributed by atoms with Crippen LogP contribution in [0.4, 0.5) is 4.79 Å². The second-order valence-corrected chi connectivity index (χ2v) is 9.38. The molecule has 1 aliphatic rings. The first-order chi connectivity index (χ1) is 18.5. The largest absolute Gasteiger partial charge is 0.466 e. The third kappa shape index (κ3) is 4.81. The maximum absolute atomic E-state index is 13.8. The monoisotopic (exact) mass is 511 g/mol. The topological polar surface area (TPSA) is 81.4 Å². The minimum absolute atomic E-state index is 0.121. The van der Waals surface area contributed by atoms with E-state index in [2.05, 4.69) is 48.0 Å². The molecule has 1 unspecified atom stereocenters. The molecule has 0 spiro atoms. The number of para-hydroxylation sites is 1. The van der Waals surface area contributed by atoms with Crippen LogP contribution < -0.4 is 5.32 Å². The predicted molar refractivity (Wildman–Crippen MR) is 145 cm³/mol. The normalized spacial score (nSPS) is 14.4. The molecule has 2 amide bonds. The number of aryl methyl sites for hydroxylation is 2. The maximum Gasteiger partial charge on any atom is 0.318 e. The summed E-state index contributed by atoms with van der Waals surface area (Å²) in [6.07, 6.45) is 2.89. The number of carbonyl (C=O) groups is 2. The van der Waals surface area contributed by atoms with Gasteiger partial charge in [-0.1, -0.05) is 55.0 Å². The van der Waals surface area contributed by atoms with Gasteiger partial charge in [0.25, 0.3) is 0 Å². The molecule has 1 aliphatic heterocycles. The number of nitrogens with one attached hydrogen (secondary N) is 1. The number of ether oxygens (including phenoxy) is 1. The van der Waals surface area contributed by atoms with E-state index in [-0.39, 0.29) is 31.0 Å². The molecule has 38 heavy (non-hydrogen) atoms. The van der Waals surface area contributed by atoms with Gasteiger partial charge < -0.3 is 19.5 Å². The lowest BCUT2D eigenvalue weighted by molar-refractivity contribution is -0.142. The van der Waals surface area contributed by atoms with Crippen LogP contribution in [0.2, 0.25) is 0 Å². The average molecular weight is 512 g/mol. The van der Waals surface area contributed by atoms with Crippen molar-refractivity contribution in [2.75, 3.05) is 13.2 Å². The molecule has 1 N–H and O–H groups in total. The van der Waals surface area contributed by atoms with Crippen molar-refractivity contribution in [2.45, 2.75) is 46.2 Å². The van der Waals surface area contributed by atoms with Gasteiger partial charge in [0, 0.05) is 18.3 Å². The molecule has 5 rings (SSSR count). The van der Waals surface area contributed by atoms with E-state index in [0.717, 1.165) is 46.0 Å². The van der Waals surface area contributed by atoms with Crippen molar-refractivity contribution in [3.63, 3.8) is 0 Å². The molecule has 196 valence electrons. The molecule has 4 aromatic rings. The Hall–Kier alpha value is -4.33. The van der Waals surface area contributed by atoms with Gasteiger partial charge in [0.1, 0.15) is 5.82 Å². The van der Waals surface area contributed by atoms with Gasteiger partial charge in [0.2, 0.25) is 0 Å². The minimum atomic E-state index is -0.339. The highest BCUT2D eigenvalue weighted by Gasteiger charge is 2.36. The van der Waals surface area contributed by atoms with Gasteiger partial charge >= 0.3 is 12.0 Å². The molecule has 0 bridgehead atoms. The Kier molecular flexibility index (Phi) is 7.31. The van der Waals surface area contributed by atoms with E-state index in [0.29, 0.717) is 13.2 Å². The van der Waals surface area contributed by atoms with E-state index in [9.17, 15) is 9.59 Å². The first-order valence-corrected chi connectivity index (χ1v) is 13.1. The van der Waals surface area contributed by atoms with Gasteiger partial charge in [-0.25, -0.2) is 9.48 Å². The van der Waals surface area contributed by atoms with Crippen molar-refractivity contribution in [1.29, 1.82) is 0 Å². The number of fused-ring (bicyclic) bond motifs is 3. The van der Waals surface area contributed by atoms with Crippen molar-refractivity contribution in [1.82, 2.24) is 24.6 Å². The summed E-state index contributed by atoms with van der Waals surface area (Å²) in [5, 5.41) is 7.95. The third-order valence-corrected chi connectivity index (χ3v) is 6.83. The first kappa shape index (κ1) is 25.3. The van der Waals surface area contributed by atoms with Gasteiger partial charge in [0.05, 0.1) is 42.7 Å². The molecule has 3 heterocycles. The zero-order valence-corrected chi connectivity index (χ0v) is 22.1. The highest BCUT2D eigenvalue weighted by molar-refractivity contribution is 5.77. The van der Waals surface area contributed by atoms with Gasteiger partial charge in [-0.15, -0.1) is 0 Å². The van der Waals surface area contributed by atoms with E-state index in [1.165, 1.54) is 0 Å². The van der Waals surface area contributed by atoms with E-state index in [1.807, 2.05) is 58.2 Å². The summed E-state index contributed by atoms with van der Waals surface area (Å²) < 4.78 is 9.17. The molecule has 8 nitrogen and oxygen atoms in total. The van der Waals surface area contributed by atoms with Crippen LogP contribution in [0.5, 0.6) is 0 Å². The number of esters is 1. The SMILES string of the molecule is CCOC(=O)CCNC(=O)N1Cc2c(CC)nn(-c3ccccc3)c2-n2cccc2C1c1cccc(C)c1. The standard InChI is InChI=1S/C30H33N5O3/c1-4-25-24-20-34(30(37)31-17-16-27(36)38-5-2)28(22-12-9-11-21(3)19-22)26-15-10-18-33(26)29(24)35(32-25)23-13-7-6-8-14-23/h6-15,18-19,28H,4-5,16-17,20H2,1-3H3,(H,31,37). The van der Waals surface area contributed by atoms with Gasteiger partial charge in [-0.3, -0.25) is 4.79 Å².